The Hall–Kier alpha value is -1.22. The number of phenolic OH excluding ortho intramolecular Hbond substituents is 1. The Balaban J connectivity index is 2.32. The largest absolute Gasteiger partial charge is 0.508 e. The summed E-state index contributed by atoms with van der Waals surface area (Å²) < 4.78 is 5.54. The van der Waals surface area contributed by atoms with Crippen molar-refractivity contribution in [3.05, 3.63) is 23.8 Å². The van der Waals surface area contributed by atoms with Gasteiger partial charge in [-0.25, -0.2) is 0 Å². The summed E-state index contributed by atoms with van der Waals surface area (Å²) in [7, 11) is 0. The molecule has 3 nitrogen and oxygen atoms in total. The van der Waals surface area contributed by atoms with Crippen molar-refractivity contribution in [1.82, 2.24) is 5.32 Å². The fourth-order valence-electron chi connectivity index (χ4n) is 2.13. The lowest BCUT2D eigenvalue weighted by atomic mass is 9.96. The molecule has 0 aliphatic carbocycles. The summed E-state index contributed by atoms with van der Waals surface area (Å²) in [6.45, 7) is 4.54. The second-order valence-corrected chi connectivity index (χ2v) is 3.81. The minimum absolute atomic E-state index is 0.356. The van der Waals surface area contributed by atoms with Gasteiger partial charge in [-0.1, -0.05) is 6.07 Å². The van der Waals surface area contributed by atoms with Crippen LogP contribution in [-0.4, -0.2) is 24.8 Å². The average Bonchev–Trinajstić information content (AvgIpc) is 2.71. The Morgan fingerprint density at radius 2 is 2.40 bits per heavy atom. The third-order valence-electron chi connectivity index (χ3n) is 2.81. The number of benzene rings is 1. The number of rotatable bonds is 3. The Labute approximate surface area is 90.1 Å². The lowest BCUT2D eigenvalue weighted by Gasteiger charge is -2.16. The third-order valence-corrected chi connectivity index (χ3v) is 2.81. The highest BCUT2D eigenvalue weighted by Crippen LogP contribution is 2.37. The molecule has 1 atom stereocenters. The first-order chi connectivity index (χ1) is 7.33. The van der Waals surface area contributed by atoms with Crippen molar-refractivity contribution in [3.63, 3.8) is 0 Å². The van der Waals surface area contributed by atoms with Crippen LogP contribution >= 0.6 is 0 Å². The van der Waals surface area contributed by atoms with E-state index in [0.29, 0.717) is 18.3 Å². The van der Waals surface area contributed by atoms with Crippen LogP contribution in [0.1, 0.15) is 24.8 Å². The van der Waals surface area contributed by atoms with E-state index in [2.05, 4.69) is 5.32 Å². The molecule has 0 amide bonds. The minimum Gasteiger partial charge on any atom is -0.508 e. The third kappa shape index (κ3) is 2.07. The van der Waals surface area contributed by atoms with Gasteiger partial charge >= 0.3 is 0 Å². The van der Waals surface area contributed by atoms with E-state index in [-0.39, 0.29) is 0 Å². The fourth-order valence-corrected chi connectivity index (χ4v) is 2.13. The zero-order valence-electron chi connectivity index (χ0n) is 8.99. The molecule has 1 aromatic rings. The highest BCUT2D eigenvalue weighted by Gasteiger charge is 2.23. The fraction of sp³-hybridized carbons (Fsp3) is 0.500. The summed E-state index contributed by atoms with van der Waals surface area (Å²) in [4.78, 5) is 0. The monoisotopic (exact) mass is 207 g/mol. The molecule has 3 heteroatoms. The second kappa shape index (κ2) is 4.53. The van der Waals surface area contributed by atoms with E-state index in [1.807, 2.05) is 19.1 Å². The van der Waals surface area contributed by atoms with Gasteiger partial charge in [0.25, 0.3) is 0 Å². The second-order valence-electron chi connectivity index (χ2n) is 3.81. The highest BCUT2D eigenvalue weighted by atomic mass is 16.5. The molecule has 0 bridgehead atoms. The van der Waals surface area contributed by atoms with Crippen molar-refractivity contribution < 1.29 is 9.84 Å². The predicted octanol–water partition coefficient (Wildman–Crippen LogP) is 1.87. The van der Waals surface area contributed by atoms with Crippen LogP contribution in [0.4, 0.5) is 0 Å². The predicted molar refractivity (Wildman–Crippen MR) is 59.5 cm³/mol. The molecule has 1 saturated heterocycles. The van der Waals surface area contributed by atoms with Crippen molar-refractivity contribution in [3.8, 4) is 11.5 Å². The maximum absolute atomic E-state index is 9.87. The molecule has 1 heterocycles. The van der Waals surface area contributed by atoms with Crippen molar-refractivity contribution in [2.45, 2.75) is 19.3 Å². The van der Waals surface area contributed by atoms with Crippen molar-refractivity contribution >= 4 is 0 Å². The summed E-state index contributed by atoms with van der Waals surface area (Å²) >= 11 is 0. The summed E-state index contributed by atoms with van der Waals surface area (Å²) in [6.07, 6.45) is 1.07. The molecule has 1 aliphatic heterocycles. The maximum Gasteiger partial charge on any atom is 0.126 e. The SMILES string of the molecule is CCOc1cccc(O)c1C1CCNC1. The Morgan fingerprint density at radius 1 is 1.53 bits per heavy atom. The quantitative estimate of drug-likeness (QED) is 0.795. The van der Waals surface area contributed by atoms with Crippen LogP contribution in [0.3, 0.4) is 0 Å². The van der Waals surface area contributed by atoms with Crippen molar-refractivity contribution in [2.75, 3.05) is 19.7 Å². The number of hydrogen-bond acceptors (Lipinski definition) is 3. The van der Waals surface area contributed by atoms with E-state index in [1.54, 1.807) is 6.07 Å². The normalized spacial score (nSPS) is 20.5. The van der Waals surface area contributed by atoms with Gasteiger partial charge in [-0.3, -0.25) is 0 Å². The Morgan fingerprint density at radius 3 is 3.07 bits per heavy atom. The Kier molecular flexibility index (Phi) is 3.11. The first-order valence-electron chi connectivity index (χ1n) is 5.48. The molecule has 0 spiro atoms. The van der Waals surface area contributed by atoms with Crippen LogP contribution in [-0.2, 0) is 0 Å². The van der Waals surface area contributed by atoms with Crippen LogP contribution in [0.15, 0.2) is 18.2 Å². The van der Waals surface area contributed by atoms with Crippen LogP contribution in [0.25, 0.3) is 0 Å². The molecule has 1 fully saturated rings. The molecule has 82 valence electrons. The summed E-state index contributed by atoms with van der Waals surface area (Å²) in [5, 5.41) is 13.2. The van der Waals surface area contributed by atoms with Gasteiger partial charge in [0.2, 0.25) is 0 Å². The molecule has 0 saturated carbocycles. The van der Waals surface area contributed by atoms with Crippen molar-refractivity contribution in [1.29, 1.82) is 0 Å². The molecule has 1 unspecified atom stereocenters. The summed E-state index contributed by atoms with van der Waals surface area (Å²) in [6, 6.07) is 5.49. The number of ether oxygens (including phenoxy) is 1. The lowest BCUT2D eigenvalue weighted by Crippen LogP contribution is -2.09. The zero-order valence-corrected chi connectivity index (χ0v) is 8.99. The van der Waals surface area contributed by atoms with Crippen molar-refractivity contribution in [2.24, 2.45) is 0 Å². The standard InChI is InChI=1S/C12H17NO2/c1-2-15-11-5-3-4-10(14)12(11)9-6-7-13-8-9/h3-5,9,13-14H,2,6-8H2,1H3. The topological polar surface area (TPSA) is 41.5 Å². The van der Waals surface area contributed by atoms with E-state index in [9.17, 15) is 5.11 Å². The van der Waals surface area contributed by atoms with E-state index in [4.69, 9.17) is 4.74 Å². The van der Waals surface area contributed by atoms with E-state index in [0.717, 1.165) is 30.8 Å². The van der Waals surface area contributed by atoms with Crippen LogP contribution in [0.2, 0.25) is 0 Å². The van der Waals surface area contributed by atoms with Crippen LogP contribution in [0, 0.1) is 0 Å². The summed E-state index contributed by atoms with van der Waals surface area (Å²) in [5.74, 6) is 1.56. The summed E-state index contributed by atoms with van der Waals surface area (Å²) in [5.41, 5.74) is 0.962. The number of nitrogens with one attached hydrogen (secondary N) is 1. The van der Waals surface area contributed by atoms with Gasteiger partial charge < -0.3 is 15.2 Å². The van der Waals surface area contributed by atoms with Gasteiger partial charge in [-0.2, -0.15) is 0 Å². The van der Waals surface area contributed by atoms with Crippen LogP contribution < -0.4 is 10.1 Å². The average molecular weight is 207 g/mol. The van der Waals surface area contributed by atoms with E-state index < -0.39 is 0 Å². The van der Waals surface area contributed by atoms with E-state index >= 15 is 0 Å². The van der Waals surface area contributed by atoms with Gasteiger partial charge in [-0.15, -0.1) is 0 Å². The smallest absolute Gasteiger partial charge is 0.126 e. The van der Waals surface area contributed by atoms with Gasteiger partial charge in [0, 0.05) is 18.0 Å². The molecular formula is C12H17NO2. The molecular weight excluding hydrogens is 190 g/mol. The molecule has 2 rings (SSSR count). The van der Waals surface area contributed by atoms with Crippen LogP contribution in [0.5, 0.6) is 11.5 Å². The lowest BCUT2D eigenvalue weighted by molar-refractivity contribution is 0.330. The zero-order chi connectivity index (χ0) is 10.7. The number of phenols is 1. The first-order valence-corrected chi connectivity index (χ1v) is 5.48. The number of hydrogen-bond donors (Lipinski definition) is 2. The van der Waals surface area contributed by atoms with Gasteiger partial charge in [-0.05, 0) is 32.0 Å². The Bertz CT molecular complexity index is 332. The van der Waals surface area contributed by atoms with Gasteiger partial charge in [0.05, 0.1) is 6.61 Å². The molecule has 0 aromatic heterocycles. The minimum atomic E-state index is 0.356. The molecule has 15 heavy (non-hydrogen) atoms. The molecule has 2 N–H and O–H groups in total. The molecule has 1 aromatic carbocycles. The first kappa shape index (κ1) is 10.3. The number of aromatic hydroxyl groups is 1. The highest BCUT2D eigenvalue weighted by molar-refractivity contribution is 5.47. The maximum atomic E-state index is 9.87. The van der Waals surface area contributed by atoms with Gasteiger partial charge in [0.15, 0.2) is 0 Å². The van der Waals surface area contributed by atoms with E-state index in [1.165, 1.54) is 0 Å². The molecule has 1 aliphatic rings. The molecule has 0 radical (unpaired) electrons. The van der Waals surface area contributed by atoms with Gasteiger partial charge in [0.1, 0.15) is 11.5 Å².